The molecule has 0 aliphatic carbocycles. The predicted octanol–water partition coefficient (Wildman–Crippen LogP) is 3.18. The minimum absolute atomic E-state index is 0.121. The van der Waals surface area contributed by atoms with E-state index in [0.717, 1.165) is 18.4 Å². The van der Waals surface area contributed by atoms with Crippen LogP contribution in [0.5, 0.6) is 0 Å². The summed E-state index contributed by atoms with van der Waals surface area (Å²) in [7, 11) is 0. The quantitative estimate of drug-likeness (QED) is 0.209. The van der Waals surface area contributed by atoms with E-state index < -0.39 is 0 Å². The van der Waals surface area contributed by atoms with Crippen LogP contribution in [0.4, 0.5) is 0 Å². The highest BCUT2D eigenvalue weighted by Crippen LogP contribution is 1.98. The van der Waals surface area contributed by atoms with Gasteiger partial charge in [-0.25, -0.2) is 0 Å². The monoisotopic (exact) mass is 280 g/mol. The van der Waals surface area contributed by atoms with Crippen molar-refractivity contribution in [1.82, 2.24) is 0 Å². The average Bonchev–Trinajstić information content (AvgIpc) is 2.48. The lowest BCUT2D eigenvalue weighted by Crippen LogP contribution is -2.16. The van der Waals surface area contributed by atoms with E-state index in [0.29, 0.717) is 6.61 Å². The molecule has 1 aromatic carbocycles. The van der Waals surface area contributed by atoms with E-state index in [-0.39, 0.29) is 11.8 Å². The summed E-state index contributed by atoms with van der Waals surface area (Å²) in [5.74, 6) is 0.121. The number of Topliss-reactive ketones (excluding diaryl/α,β-unsaturated/α-hetero) is 1. The Kier molecular flexibility index (Phi) is 10.8. The predicted molar refractivity (Wildman–Crippen MR) is 79.9 cm³/mol. The molecule has 0 radical (unpaired) electrons. The number of hydrogen-bond donors (Lipinski definition) is 2. The number of ketones is 1. The lowest BCUT2D eigenvalue weighted by molar-refractivity contribution is 0.101. The molecule has 0 fully saturated rings. The van der Waals surface area contributed by atoms with Crippen LogP contribution in [-0.2, 0) is 4.74 Å². The van der Waals surface area contributed by atoms with E-state index >= 15 is 0 Å². The van der Waals surface area contributed by atoms with Crippen LogP contribution in [-0.4, -0.2) is 23.6 Å². The molecule has 0 saturated heterocycles. The van der Waals surface area contributed by atoms with Crippen LogP contribution >= 0.6 is 0 Å². The third kappa shape index (κ3) is 9.94. The Morgan fingerprint density at radius 3 is 2.35 bits per heavy atom. The molecule has 1 rings (SSSR count). The Morgan fingerprint density at radius 1 is 1.25 bits per heavy atom. The van der Waals surface area contributed by atoms with E-state index in [1.54, 1.807) is 6.92 Å². The van der Waals surface area contributed by atoms with Gasteiger partial charge in [0.15, 0.2) is 5.78 Å². The summed E-state index contributed by atoms with van der Waals surface area (Å²) < 4.78 is 4.82. The van der Waals surface area contributed by atoms with Gasteiger partial charge in [-0.15, -0.1) is 0 Å². The van der Waals surface area contributed by atoms with Crippen LogP contribution in [0.25, 0.3) is 0 Å². The number of carbonyl (C=O) groups excluding carboxylic acids is 1. The van der Waals surface area contributed by atoms with Crippen molar-refractivity contribution in [3.63, 3.8) is 0 Å². The lowest BCUT2D eigenvalue weighted by Gasteiger charge is -2.01. The Labute approximate surface area is 120 Å². The Morgan fingerprint density at radius 2 is 1.90 bits per heavy atom. The van der Waals surface area contributed by atoms with Gasteiger partial charge in [0.25, 0.3) is 0 Å². The third-order valence-electron chi connectivity index (χ3n) is 2.53. The number of unbranched alkanes of at least 4 members (excludes halogenated alkanes) is 3. The van der Waals surface area contributed by atoms with Crippen molar-refractivity contribution >= 4 is 11.8 Å². The van der Waals surface area contributed by atoms with Crippen molar-refractivity contribution in [2.45, 2.75) is 39.5 Å². The zero-order valence-corrected chi connectivity index (χ0v) is 12.2. The number of amidine groups is 1. The van der Waals surface area contributed by atoms with Crippen LogP contribution in [0.1, 0.15) is 49.9 Å². The van der Waals surface area contributed by atoms with Gasteiger partial charge < -0.3 is 15.7 Å². The highest BCUT2D eigenvalue weighted by Gasteiger charge is 1.93. The fourth-order valence-electron chi connectivity index (χ4n) is 1.41. The van der Waals surface area contributed by atoms with Gasteiger partial charge in [-0.2, -0.15) is 0 Å². The van der Waals surface area contributed by atoms with Gasteiger partial charge in [-0.1, -0.05) is 56.5 Å². The summed E-state index contributed by atoms with van der Waals surface area (Å²) in [5.41, 5.74) is 5.84. The first-order chi connectivity index (χ1) is 9.61. The molecule has 1 aromatic rings. The van der Waals surface area contributed by atoms with Gasteiger partial charge in [-0.05, 0) is 18.5 Å². The minimum Gasteiger partial charge on any atom is -0.463 e. The van der Waals surface area contributed by atoms with Crippen molar-refractivity contribution in [2.75, 3.05) is 6.61 Å². The lowest BCUT2D eigenvalue weighted by atomic mass is 10.2. The van der Waals surface area contributed by atoms with E-state index in [1.807, 2.05) is 30.3 Å². The van der Waals surface area contributed by atoms with Crippen LogP contribution in [0.15, 0.2) is 35.5 Å². The maximum Gasteiger partial charge on any atom is 0.321 e. The molecule has 0 bridgehead atoms. The Balaban J connectivity index is 0.000000367. The van der Waals surface area contributed by atoms with Crippen LogP contribution in [0.2, 0.25) is 0 Å². The maximum atomic E-state index is 10.6. The fourth-order valence-corrected chi connectivity index (χ4v) is 1.41. The number of benzene rings is 1. The zero-order valence-electron chi connectivity index (χ0n) is 12.2. The number of oxime groups is 1. The molecule has 0 heterocycles. The van der Waals surface area contributed by atoms with E-state index in [9.17, 15) is 4.79 Å². The Bertz CT molecular complexity index is 391. The zero-order chi connectivity index (χ0) is 15.2. The minimum atomic E-state index is -0.151. The van der Waals surface area contributed by atoms with Crippen LogP contribution < -0.4 is 5.73 Å². The van der Waals surface area contributed by atoms with E-state index in [1.165, 1.54) is 12.8 Å². The van der Waals surface area contributed by atoms with Crippen molar-refractivity contribution < 1.29 is 14.7 Å². The van der Waals surface area contributed by atoms with Crippen molar-refractivity contribution in [2.24, 2.45) is 10.9 Å². The molecule has 112 valence electrons. The molecule has 0 aliphatic rings. The molecule has 0 aromatic heterocycles. The van der Waals surface area contributed by atoms with Gasteiger partial charge >= 0.3 is 6.02 Å². The number of nitrogens with zero attached hydrogens (tertiary/aromatic N) is 1. The molecule has 0 atom stereocenters. The number of carbonyl (C=O) groups is 1. The molecular weight excluding hydrogens is 256 g/mol. The second-order valence-electron chi connectivity index (χ2n) is 4.27. The summed E-state index contributed by atoms with van der Waals surface area (Å²) >= 11 is 0. The first-order valence-corrected chi connectivity index (χ1v) is 6.78. The molecule has 0 unspecified atom stereocenters. The average molecular weight is 280 g/mol. The molecule has 20 heavy (non-hydrogen) atoms. The third-order valence-corrected chi connectivity index (χ3v) is 2.53. The summed E-state index contributed by atoms with van der Waals surface area (Å²) in [5, 5.41) is 10.8. The molecule has 0 amide bonds. The normalized spacial score (nSPS) is 10.4. The topological polar surface area (TPSA) is 84.9 Å². The Hall–Kier alpha value is -2.04. The molecule has 5 heteroatoms. The number of hydrogen-bond acceptors (Lipinski definition) is 4. The molecular formula is C15H24N2O3. The van der Waals surface area contributed by atoms with Crippen LogP contribution in [0.3, 0.4) is 0 Å². The molecule has 0 saturated carbocycles. The number of rotatable bonds is 6. The summed E-state index contributed by atoms with van der Waals surface area (Å²) in [6, 6.07) is 9.08. The summed E-state index contributed by atoms with van der Waals surface area (Å²) in [6.07, 6.45) is 4.50. The highest BCUT2D eigenvalue weighted by atomic mass is 16.5. The first-order valence-electron chi connectivity index (χ1n) is 6.78. The number of ether oxygens (including phenoxy) is 1. The molecule has 3 N–H and O–H groups in total. The van der Waals surface area contributed by atoms with E-state index in [4.69, 9.17) is 15.7 Å². The second kappa shape index (κ2) is 12.0. The van der Waals surface area contributed by atoms with Crippen molar-refractivity contribution in [3.05, 3.63) is 35.9 Å². The summed E-state index contributed by atoms with van der Waals surface area (Å²) in [6.45, 7) is 4.25. The summed E-state index contributed by atoms with van der Waals surface area (Å²) in [4.78, 5) is 10.6. The standard InChI is InChI=1S/C8H8O.C7H16N2O2/c1-7(9)8-5-3-2-4-6-8;1-2-3-4-5-6-11-7(8)9-10/h2-6H,1H3;10H,2-6H2,1H3,(H2,8,9). The fraction of sp³-hybridized carbons (Fsp3) is 0.467. The highest BCUT2D eigenvalue weighted by molar-refractivity contribution is 5.93. The molecule has 5 nitrogen and oxygen atoms in total. The smallest absolute Gasteiger partial charge is 0.321 e. The first kappa shape index (κ1) is 18.0. The molecule has 0 spiro atoms. The van der Waals surface area contributed by atoms with Crippen LogP contribution in [0, 0.1) is 0 Å². The van der Waals surface area contributed by atoms with Gasteiger partial charge in [0, 0.05) is 5.56 Å². The van der Waals surface area contributed by atoms with Gasteiger partial charge in [0.2, 0.25) is 0 Å². The SMILES string of the molecule is CC(=O)c1ccccc1.CCCCCCOC(N)=NO. The van der Waals surface area contributed by atoms with Gasteiger partial charge in [0.05, 0.1) is 6.61 Å². The van der Waals surface area contributed by atoms with Gasteiger partial charge in [-0.3, -0.25) is 4.79 Å². The van der Waals surface area contributed by atoms with Gasteiger partial charge in [0.1, 0.15) is 0 Å². The second-order valence-corrected chi connectivity index (χ2v) is 4.27. The maximum absolute atomic E-state index is 10.6. The van der Waals surface area contributed by atoms with E-state index in [2.05, 4.69) is 12.1 Å². The largest absolute Gasteiger partial charge is 0.463 e. The van der Waals surface area contributed by atoms with Crippen molar-refractivity contribution in [1.29, 1.82) is 0 Å². The molecule has 0 aliphatic heterocycles. The van der Waals surface area contributed by atoms with Crippen molar-refractivity contribution in [3.8, 4) is 0 Å². The number of nitrogens with two attached hydrogens (primary N) is 1.